The molecule has 0 radical (unpaired) electrons. The molecular weight excluding hydrogens is 224 g/mol. The monoisotopic (exact) mass is 240 g/mol. The first-order valence-electron chi connectivity index (χ1n) is 6.09. The van der Waals surface area contributed by atoms with Gasteiger partial charge in [-0.25, -0.2) is 0 Å². The largest absolute Gasteiger partial charge is 0.424 e. The zero-order chi connectivity index (χ0) is 12.8. The van der Waals surface area contributed by atoms with Crippen molar-refractivity contribution in [1.82, 2.24) is 4.98 Å². The third-order valence-corrected chi connectivity index (χ3v) is 2.74. The summed E-state index contributed by atoms with van der Waals surface area (Å²) in [6, 6.07) is 12.9. The number of oxazole rings is 1. The Morgan fingerprint density at radius 1 is 1.06 bits per heavy atom. The summed E-state index contributed by atoms with van der Waals surface area (Å²) in [5.74, 6) is 0. The molecule has 0 saturated carbocycles. The van der Waals surface area contributed by atoms with Gasteiger partial charge in [-0.15, -0.1) is 0 Å². The number of nitrogens with zero attached hydrogens (tertiary/aromatic N) is 1. The minimum absolute atomic E-state index is 0.0553. The molecule has 0 aliphatic carbocycles. The van der Waals surface area contributed by atoms with Gasteiger partial charge in [-0.3, -0.25) is 0 Å². The number of benzene rings is 2. The van der Waals surface area contributed by atoms with E-state index >= 15 is 0 Å². The van der Waals surface area contributed by atoms with E-state index in [4.69, 9.17) is 4.42 Å². The van der Waals surface area contributed by atoms with Crippen LogP contribution in [-0.2, 0) is 0 Å². The average molecular weight is 240 g/mol. The Labute approximate surface area is 106 Å². The molecule has 0 saturated heterocycles. The van der Waals surface area contributed by atoms with Crippen LogP contribution < -0.4 is 5.32 Å². The fraction of sp³-hybridized carbons (Fsp3) is 0.267. The fourth-order valence-corrected chi connectivity index (χ4v) is 1.99. The van der Waals surface area contributed by atoms with E-state index in [-0.39, 0.29) is 5.54 Å². The van der Waals surface area contributed by atoms with Gasteiger partial charge in [0, 0.05) is 5.54 Å². The molecule has 3 heteroatoms. The molecule has 0 atom stereocenters. The Morgan fingerprint density at radius 2 is 1.72 bits per heavy atom. The van der Waals surface area contributed by atoms with E-state index in [1.165, 1.54) is 10.8 Å². The molecule has 0 spiro atoms. The molecule has 1 aromatic heterocycles. The van der Waals surface area contributed by atoms with E-state index in [2.05, 4.69) is 49.3 Å². The molecule has 3 nitrogen and oxygen atoms in total. The van der Waals surface area contributed by atoms with Crippen molar-refractivity contribution in [3.63, 3.8) is 0 Å². The SMILES string of the molecule is CC(C)(C)Nc1nc2cc3ccccc3cc2o1. The topological polar surface area (TPSA) is 38.1 Å². The van der Waals surface area contributed by atoms with Crippen molar-refractivity contribution in [3.05, 3.63) is 36.4 Å². The van der Waals surface area contributed by atoms with Crippen LogP contribution >= 0.6 is 0 Å². The lowest BCUT2D eigenvalue weighted by atomic mass is 10.1. The van der Waals surface area contributed by atoms with Crippen LogP contribution in [-0.4, -0.2) is 10.5 Å². The number of anilines is 1. The second-order valence-electron chi connectivity index (χ2n) is 5.56. The molecule has 3 rings (SSSR count). The molecule has 0 aliphatic heterocycles. The van der Waals surface area contributed by atoms with Crippen LogP contribution in [0.2, 0.25) is 0 Å². The minimum atomic E-state index is -0.0553. The lowest BCUT2D eigenvalue weighted by Crippen LogP contribution is -2.26. The lowest BCUT2D eigenvalue weighted by Gasteiger charge is -2.18. The smallest absolute Gasteiger partial charge is 0.296 e. The van der Waals surface area contributed by atoms with Crippen LogP contribution in [0.3, 0.4) is 0 Å². The predicted octanol–water partition coefficient (Wildman–Crippen LogP) is 4.19. The zero-order valence-corrected chi connectivity index (χ0v) is 10.8. The van der Waals surface area contributed by atoms with Gasteiger partial charge in [0.2, 0.25) is 0 Å². The molecule has 1 N–H and O–H groups in total. The van der Waals surface area contributed by atoms with E-state index in [9.17, 15) is 0 Å². The highest BCUT2D eigenvalue weighted by atomic mass is 16.4. The van der Waals surface area contributed by atoms with Gasteiger partial charge in [0.25, 0.3) is 6.01 Å². The average Bonchev–Trinajstić information content (AvgIpc) is 2.63. The molecule has 3 aromatic rings. The van der Waals surface area contributed by atoms with Crippen molar-refractivity contribution in [2.24, 2.45) is 0 Å². The molecular formula is C15H16N2O. The second kappa shape index (κ2) is 3.73. The number of hydrogen-bond acceptors (Lipinski definition) is 3. The van der Waals surface area contributed by atoms with Crippen molar-refractivity contribution in [3.8, 4) is 0 Å². The third kappa shape index (κ3) is 2.04. The summed E-state index contributed by atoms with van der Waals surface area (Å²) in [6.45, 7) is 6.25. The summed E-state index contributed by atoms with van der Waals surface area (Å²) in [7, 11) is 0. The van der Waals surface area contributed by atoms with Crippen molar-refractivity contribution in [2.45, 2.75) is 26.3 Å². The highest BCUT2D eigenvalue weighted by Crippen LogP contribution is 2.26. The Hall–Kier alpha value is -2.03. The van der Waals surface area contributed by atoms with Gasteiger partial charge in [-0.05, 0) is 43.7 Å². The third-order valence-electron chi connectivity index (χ3n) is 2.74. The zero-order valence-electron chi connectivity index (χ0n) is 10.8. The Morgan fingerprint density at radius 3 is 2.39 bits per heavy atom. The standard InChI is InChI=1S/C15H16N2O/c1-15(2,3)17-14-16-12-8-10-6-4-5-7-11(10)9-13(12)18-14/h4-9H,1-3H3,(H,16,17). The van der Waals surface area contributed by atoms with Gasteiger partial charge in [-0.2, -0.15) is 4.98 Å². The normalized spacial score (nSPS) is 12.2. The predicted molar refractivity (Wildman–Crippen MR) is 74.9 cm³/mol. The first kappa shape index (κ1) is 11.1. The molecule has 18 heavy (non-hydrogen) atoms. The van der Waals surface area contributed by atoms with E-state index in [1.54, 1.807) is 0 Å². The van der Waals surface area contributed by atoms with E-state index in [1.807, 2.05) is 18.2 Å². The van der Waals surface area contributed by atoms with Crippen LogP contribution in [0.25, 0.3) is 21.9 Å². The summed E-state index contributed by atoms with van der Waals surface area (Å²) >= 11 is 0. The second-order valence-corrected chi connectivity index (χ2v) is 5.56. The summed E-state index contributed by atoms with van der Waals surface area (Å²) in [5.41, 5.74) is 1.65. The fourth-order valence-electron chi connectivity index (χ4n) is 1.99. The highest BCUT2D eigenvalue weighted by molar-refractivity contribution is 5.94. The van der Waals surface area contributed by atoms with Gasteiger partial charge in [-0.1, -0.05) is 24.3 Å². The quantitative estimate of drug-likeness (QED) is 0.693. The van der Waals surface area contributed by atoms with Crippen molar-refractivity contribution in [2.75, 3.05) is 5.32 Å². The molecule has 0 fully saturated rings. The van der Waals surface area contributed by atoms with Crippen LogP contribution in [0, 0.1) is 0 Å². The Bertz CT molecular complexity index is 655. The summed E-state index contributed by atoms with van der Waals surface area (Å²) in [4.78, 5) is 4.47. The first-order valence-corrected chi connectivity index (χ1v) is 6.09. The van der Waals surface area contributed by atoms with Gasteiger partial charge < -0.3 is 9.73 Å². The number of nitrogens with one attached hydrogen (secondary N) is 1. The molecule has 92 valence electrons. The number of hydrogen-bond donors (Lipinski definition) is 1. The number of fused-ring (bicyclic) bond motifs is 2. The summed E-state index contributed by atoms with van der Waals surface area (Å²) < 4.78 is 5.73. The number of rotatable bonds is 1. The Balaban J connectivity index is 2.14. The van der Waals surface area contributed by atoms with Gasteiger partial charge in [0.05, 0.1) is 0 Å². The molecule has 0 bridgehead atoms. The van der Waals surface area contributed by atoms with Gasteiger partial charge in [0.1, 0.15) is 5.52 Å². The van der Waals surface area contributed by atoms with Gasteiger partial charge in [0.15, 0.2) is 5.58 Å². The van der Waals surface area contributed by atoms with Crippen LogP contribution in [0.15, 0.2) is 40.8 Å². The first-order chi connectivity index (χ1) is 8.51. The van der Waals surface area contributed by atoms with Crippen molar-refractivity contribution >= 4 is 27.9 Å². The lowest BCUT2D eigenvalue weighted by molar-refractivity contribution is 0.555. The van der Waals surface area contributed by atoms with Crippen molar-refractivity contribution < 1.29 is 4.42 Å². The van der Waals surface area contributed by atoms with E-state index < -0.39 is 0 Å². The Kier molecular flexibility index (Phi) is 2.30. The van der Waals surface area contributed by atoms with E-state index in [0.717, 1.165) is 11.1 Å². The molecule has 0 amide bonds. The molecule has 2 aromatic carbocycles. The maximum atomic E-state index is 5.73. The van der Waals surface area contributed by atoms with Crippen LogP contribution in [0.5, 0.6) is 0 Å². The molecule has 1 heterocycles. The highest BCUT2D eigenvalue weighted by Gasteiger charge is 2.14. The van der Waals surface area contributed by atoms with Crippen LogP contribution in [0.4, 0.5) is 6.01 Å². The number of aromatic nitrogens is 1. The summed E-state index contributed by atoms with van der Waals surface area (Å²) in [6.07, 6.45) is 0. The van der Waals surface area contributed by atoms with E-state index in [0.29, 0.717) is 6.01 Å². The molecule has 0 unspecified atom stereocenters. The summed E-state index contributed by atoms with van der Waals surface area (Å²) in [5, 5.41) is 5.60. The maximum absolute atomic E-state index is 5.73. The van der Waals surface area contributed by atoms with Crippen LogP contribution in [0.1, 0.15) is 20.8 Å². The van der Waals surface area contributed by atoms with Crippen molar-refractivity contribution in [1.29, 1.82) is 0 Å². The molecule has 0 aliphatic rings. The maximum Gasteiger partial charge on any atom is 0.296 e. The van der Waals surface area contributed by atoms with Gasteiger partial charge >= 0.3 is 0 Å². The minimum Gasteiger partial charge on any atom is -0.424 e.